The van der Waals surface area contributed by atoms with E-state index in [-0.39, 0.29) is 10.5 Å². The van der Waals surface area contributed by atoms with Gasteiger partial charge in [0.2, 0.25) is 5.70 Å². The molecule has 0 aliphatic carbocycles. The van der Waals surface area contributed by atoms with Gasteiger partial charge in [0, 0.05) is 24.2 Å². The number of piperidine rings is 1. The summed E-state index contributed by atoms with van der Waals surface area (Å²) in [6.07, 6.45) is 9.24. The van der Waals surface area contributed by atoms with Crippen molar-refractivity contribution in [2.45, 2.75) is 19.8 Å². The third-order valence-electron chi connectivity index (χ3n) is 6.07. The zero-order valence-electron chi connectivity index (χ0n) is 18.0. The summed E-state index contributed by atoms with van der Waals surface area (Å²) in [5.41, 5.74) is 4.35. The maximum absolute atomic E-state index is 12.7. The normalized spacial score (nSPS) is 24.3. The van der Waals surface area contributed by atoms with Gasteiger partial charge in [-0.05, 0) is 68.3 Å². The van der Waals surface area contributed by atoms with E-state index < -0.39 is 0 Å². The minimum atomic E-state index is -0.211. The highest BCUT2D eigenvalue weighted by molar-refractivity contribution is 6.05. The van der Waals surface area contributed by atoms with Crippen molar-refractivity contribution in [2.24, 2.45) is 21.7 Å². The van der Waals surface area contributed by atoms with Crippen LogP contribution in [-0.4, -0.2) is 40.6 Å². The lowest BCUT2D eigenvalue weighted by Crippen LogP contribution is -2.53. The minimum Gasteiger partial charge on any atom is -0.316 e. The maximum atomic E-state index is 12.7. The van der Waals surface area contributed by atoms with Crippen molar-refractivity contribution in [3.05, 3.63) is 83.1 Å². The standard InChI is InChI=1S/C24H25N7O/c1-16-8-10-28-21(13-16)29-24(32)18-6-4-17(5-7-18)23-30-22(19-3-2-9-26-14-19)20-15-27-11-12-31(20,23)25/h4-8,10-13,15,19,26H,2-3,9,14,25H2,1H3/p+1. The van der Waals surface area contributed by atoms with Crippen molar-refractivity contribution in [1.29, 1.82) is 0 Å². The fourth-order valence-electron chi connectivity index (χ4n) is 4.36. The number of nitrogens with zero attached hydrogens (tertiary/aromatic N) is 4. The highest BCUT2D eigenvalue weighted by Crippen LogP contribution is 2.36. The number of aliphatic imine (C=N–C) groups is 2. The molecule has 3 aliphatic rings. The Balaban J connectivity index is 1.41. The van der Waals surface area contributed by atoms with E-state index in [1.54, 1.807) is 24.5 Å². The monoisotopic (exact) mass is 428 g/mol. The summed E-state index contributed by atoms with van der Waals surface area (Å²) in [6, 6.07) is 11.1. The molecule has 4 heterocycles. The Labute approximate surface area is 186 Å². The van der Waals surface area contributed by atoms with Crippen LogP contribution in [0.15, 0.2) is 76.4 Å². The van der Waals surface area contributed by atoms with Crippen molar-refractivity contribution in [1.82, 2.24) is 10.3 Å². The molecule has 0 saturated carbocycles. The summed E-state index contributed by atoms with van der Waals surface area (Å²) >= 11 is 0. The fraction of sp³-hybridized carbons (Fsp3) is 0.250. The number of benzene rings is 1. The lowest BCUT2D eigenvalue weighted by Gasteiger charge is -2.27. The number of pyridine rings is 1. The average molecular weight is 429 g/mol. The van der Waals surface area contributed by atoms with E-state index in [9.17, 15) is 4.79 Å². The van der Waals surface area contributed by atoms with Crippen molar-refractivity contribution in [3.8, 4) is 0 Å². The summed E-state index contributed by atoms with van der Waals surface area (Å²) in [4.78, 5) is 26.2. The number of amidine groups is 1. The summed E-state index contributed by atoms with van der Waals surface area (Å²) in [5.74, 6) is 8.17. The van der Waals surface area contributed by atoms with Gasteiger partial charge in [-0.3, -0.25) is 9.79 Å². The second kappa shape index (κ2) is 8.23. The van der Waals surface area contributed by atoms with Crippen LogP contribution in [0.1, 0.15) is 34.3 Å². The van der Waals surface area contributed by atoms with Crippen molar-refractivity contribution < 1.29 is 9.39 Å². The number of nitrogens with one attached hydrogen (secondary N) is 2. The number of hydrogen-bond donors (Lipinski definition) is 3. The van der Waals surface area contributed by atoms with Crippen LogP contribution in [0.4, 0.5) is 5.82 Å². The highest BCUT2D eigenvalue weighted by atomic mass is 16.1. The molecular formula is C24H26N7O+. The van der Waals surface area contributed by atoms with Crippen LogP contribution < -0.4 is 16.5 Å². The molecule has 8 nitrogen and oxygen atoms in total. The molecular weight excluding hydrogens is 402 g/mol. The predicted molar refractivity (Wildman–Crippen MR) is 125 cm³/mol. The molecule has 1 amide bonds. The molecule has 5 rings (SSSR count). The van der Waals surface area contributed by atoms with Gasteiger partial charge in [0.25, 0.3) is 11.7 Å². The molecule has 4 N–H and O–H groups in total. The maximum Gasteiger partial charge on any atom is 0.264 e. The third-order valence-corrected chi connectivity index (χ3v) is 6.07. The second-order valence-corrected chi connectivity index (χ2v) is 8.35. The number of allylic oxidation sites excluding steroid dienone is 1. The Morgan fingerprint density at radius 3 is 2.84 bits per heavy atom. The van der Waals surface area contributed by atoms with Gasteiger partial charge < -0.3 is 10.6 Å². The van der Waals surface area contributed by atoms with Gasteiger partial charge in [0.05, 0.1) is 18.0 Å². The first-order valence-corrected chi connectivity index (χ1v) is 10.8. The fourth-order valence-corrected chi connectivity index (χ4v) is 4.36. The Kier molecular flexibility index (Phi) is 5.26. The van der Waals surface area contributed by atoms with Gasteiger partial charge in [-0.2, -0.15) is 10.8 Å². The molecule has 1 aromatic carbocycles. The number of hydrogen-bond acceptors (Lipinski definition) is 6. The Morgan fingerprint density at radius 1 is 1.25 bits per heavy atom. The molecule has 1 fully saturated rings. The van der Waals surface area contributed by atoms with E-state index in [0.29, 0.717) is 17.3 Å². The minimum absolute atomic E-state index is 0.00586. The number of quaternary nitrogens is 1. The van der Waals surface area contributed by atoms with E-state index >= 15 is 0 Å². The molecule has 8 heteroatoms. The number of rotatable bonds is 4. The molecule has 0 spiro atoms. The molecule has 3 aliphatic heterocycles. The van der Waals surface area contributed by atoms with Gasteiger partial charge in [-0.1, -0.05) is 0 Å². The van der Waals surface area contributed by atoms with Gasteiger partial charge in [-0.15, -0.1) is 4.59 Å². The number of aromatic nitrogens is 1. The molecule has 0 bridgehead atoms. The average Bonchev–Trinajstić information content (AvgIpc) is 3.13. The SMILES string of the molecule is Cc1ccnc(NC(=O)c2ccc(C3=NC(C4CCCNC4)=C4C=NC=C[N+]34N)cc2)c1. The van der Waals surface area contributed by atoms with E-state index in [0.717, 1.165) is 54.3 Å². The van der Waals surface area contributed by atoms with Crippen LogP contribution >= 0.6 is 0 Å². The summed E-state index contributed by atoms with van der Waals surface area (Å²) in [6.45, 7) is 3.88. The molecule has 0 radical (unpaired) electrons. The van der Waals surface area contributed by atoms with E-state index in [2.05, 4.69) is 20.6 Å². The third kappa shape index (κ3) is 3.69. The topological polar surface area (TPSA) is 105 Å². The second-order valence-electron chi connectivity index (χ2n) is 8.35. The first kappa shape index (κ1) is 20.4. The van der Waals surface area contributed by atoms with Crippen molar-refractivity contribution in [3.63, 3.8) is 0 Å². The molecule has 2 unspecified atom stereocenters. The highest BCUT2D eigenvalue weighted by Gasteiger charge is 2.45. The molecule has 1 saturated heterocycles. The molecule has 2 aromatic rings. The van der Waals surface area contributed by atoms with Crippen LogP contribution in [0, 0.1) is 12.8 Å². The van der Waals surface area contributed by atoms with E-state index in [4.69, 9.17) is 10.8 Å². The zero-order valence-corrected chi connectivity index (χ0v) is 18.0. The first-order valence-electron chi connectivity index (χ1n) is 10.8. The van der Waals surface area contributed by atoms with Gasteiger partial charge in [0.1, 0.15) is 17.7 Å². The summed E-state index contributed by atoms with van der Waals surface area (Å²) in [7, 11) is 0. The van der Waals surface area contributed by atoms with Crippen LogP contribution in [0.3, 0.4) is 0 Å². The van der Waals surface area contributed by atoms with Crippen molar-refractivity contribution in [2.75, 3.05) is 18.4 Å². The quantitative estimate of drug-likeness (QED) is 0.514. The van der Waals surface area contributed by atoms with Gasteiger partial charge in [0.15, 0.2) is 0 Å². The van der Waals surface area contributed by atoms with E-state index in [1.165, 1.54) is 0 Å². The van der Waals surface area contributed by atoms with Crippen molar-refractivity contribution >= 4 is 23.8 Å². The first-order chi connectivity index (χ1) is 15.5. The Hall–Kier alpha value is -3.46. The lowest BCUT2D eigenvalue weighted by atomic mass is 9.95. The molecule has 32 heavy (non-hydrogen) atoms. The Bertz CT molecular complexity index is 1170. The molecule has 1 aromatic heterocycles. The molecule has 162 valence electrons. The van der Waals surface area contributed by atoms with Crippen LogP contribution in [0.25, 0.3) is 0 Å². The van der Waals surface area contributed by atoms with Gasteiger partial charge in [-0.25, -0.2) is 4.98 Å². The number of amides is 1. The number of aryl methyl sites for hydroxylation is 1. The molecule has 2 atom stereocenters. The number of nitrogens with two attached hydrogens (primary N) is 1. The van der Waals surface area contributed by atoms with Crippen LogP contribution in [0.2, 0.25) is 0 Å². The predicted octanol–water partition coefficient (Wildman–Crippen LogP) is 2.86. The number of anilines is 1. The summed E-state index contributed by atoms with van der Waals surface area (Å²) < 4.78 is -0.00586. The van der Waals surface area contributed by atoms with Gasteiger partial charge >= 0.3 is 0 Å². The van der Waals surface area contributed by atoms with Crippen LogP contribution in [0.5, 0.6) is 0 Å². The summed E-state index contributed by atoms with van der Waals surface area (Å²) in [5, 5.41) is 6.29. The van der Waals surface area contributed by atoms with E-state index in [1.807, 2.05) is 43.6 Å². The largest absolute Gasteiger partial charge is 0.316 e. The van der Waals surface area contributed by atoms with Crippen LogP contribution in [-0.2, 0) is 0 Å². The lowest BCUT2D eigenvalue weighted by molar-refractivity contribution is -0.750. The smallest absolute Gasteiger partial charge is 0.264 e. The number of carbonyl (C=O) groups is 1. The number of fused-ring (bicyclic) bond motifs is 1. The number of carbonyl (C=O) groups excluding carboxylic acids is 1. The Morgan fingerprint density at radius 2 is 2.09 bits per heavy atom. The zero-order chi connectivity index (χ0) is 22.1.